The second kappa shape index (κ2) is 3.26. The molecule has 0 amide bonds. The summed E-state index contributed by atoms with van der Waals surface area (Å²) in [6.07, 6.45) is 0. The molecule has 0 aliphatic rings. The summed E-state index contributed by atoms with van der Waals surface area (Å²) in [5, 5.41) is 19.6. The lowest BCUT2D eigenvalue weighted by molar-refractivity contribution is 0.178. The van der Waals surface area contributed by atoms with Gasteiger partial charge >= 0.3 is 0 Å². The van der Waals surface area contributed by atoms with Crippen LogP contribution in [0.5, 0.6) is 0 Å². The van der Waals surface area contributed by atoms with Gasteiger partial charge in [0.2, 0.25) is 0 Å². The smallest absolute Gasteiger partial charge is 0.188 e. The Bertz CT molecular complexity index is 370. The number of hydrogen-bond donors (Lipinski definition) is 5. The molecule has 7 N–H and O–H groups in total. The maximum Gasteiger partial charge on any atom is 0.188 e. The lowest BCUT2D eigenvalue weighted by Gasteiger charge is -2.10. The Hall–Kier alpha value is -1.85. The van der Waals surface area contributed by atoms with Crippen LogP contribution in [-0.2, 0) is 0 Å². The number of nitrogen functional groups attached to an aromatic ring is 2. The highest BCUT2D eigenvalue weighted by Gasteiger charge is 2.06. The molecule has 13 heavy (non-hydrogen) atoms. The molecule has 0 saturated heterocycles. The molecule has 1 rings (SSSR count). The normalized spacial score (nSPS) is 9.92. The summed E-state index contributed by atoms with van der Waals surface area (Å²) in [5.41, 5.74) is 11.6. The molecule has 0 fully saturated rings. The fourth-order valence-corrected chi connectivity index (χ4v) is 1.03. The summed E-state index contributed by atoms with van der Waals surface area (Å²) in [6.45, 7) is 2.50. The number of nitrogens with two attached hydrogens (primary N) is 2. The predicted molar refractivity (Wildman–Crippen MR) is 50.5 cm³/mol. The molecule has 0 bridgehead atoms. The first kappa shape index (κ1) is 9.24. The molecule has 0 aromatic carbocycles. The number of pyridine rings is 1. The van der Waals surface area contributed by atoms with E-state index in [1.54, 1.807) is 0 Å². The minimum Gasteiger partial charge on any atom is -0.425 e. The largest absolute Gasteiger partial charge is 0.425 e. The van der Waals surface area contributed by atoms with E-state index in [1.165, 1.54) is 6.07 Å². The third kappa shape index (κ3) is 1.51. The van der Waals surface area contributed by atoms with Crippen LogP contribution in [0.4, 0.5) is 17.2 Å². The van der Waals surface area contributed by atoms with Gasteiger partial charge in [0.05, 0.1) is 5.69 Å². The zero-order valence-electron chi connectivity index (χ0n) is 7.33. The van der Waals surface area contributed by atoms with E-state index in [4.69, 9.17) is 16.9 Å². The van der Waals surface area contributed by atoms with Gasteiger partial charge in [-0.3, -0.25) is 5.41 Å². The summed E-state index contributed by atoms with van der Waals surface area (Å²) in [6, 6.07) is 1.40. The van der Waals surface area contributed by atoms with Crippen molar-refractivity contribution >= 4 is 17.2 Å². The van der Waals surface area contributed by atoms with Crippen LogP contribution in [0.3, 0.4) is 0 Å². The van der Waals surface area contributed by atoms with Crippen molar-refractivity contribution in [3.63, 3.8) is 0 Å². The van der Waals surface area contributed by atoms with E-state index in [9.17, 15) is 5.21 Å². The van der Waals surface area contributed by atoms with E-state index >= 15 is 0 Å². The molecule has 6 nitrogen and oxygen atoms in total. The standard InChI is InChI=1S/C7H13N5O/c1-2-11-6-4(8)3-5(9)12(13)7(6)10/h3,10-11,13H,2,8-9H2,1H3. The summed E-state index contributed by atoms with van der Waals surface area (Å²) < 4.78 is 0.578. The van der Waals surface area contributed by atoms with Gasteiger partial charge in [-0.05, 0) is 6.92 Å². The highest BCUT2D eigenvalue weighted by atomic mass is 16.5. The second-order valence-electron chi connectivity index (χ2n) is 2.59. The van der Waals surface area contributed by atoms with Crippen molar-refractivity contribution in [2.24, 2.45) is 0 Å². The molecule has 1 aromatic heterocycles. The van der Waals surface area contributed by atoms with Crippen LogP contribution in [0.1, 0.15) is 6.92 Å². The highest BCUT2D eigenvalue weighted by molar-refractivity contribution is 5.67. The van der Waals surface area contributed by atoms with E-state index in [0.717, 1.165) is 0 Å². The molecule has 0 atom stereocenters. The number of aromatic nitrogens is 1. The summed E-state index contributed by atoms with van der Waals surface area (Å²) in [5.74, 6) is 0.0455. The monoisotopic (exact) mass is 183 g/mol. The molecule has 0 unspecified atom stereocenters. The Morgan fingerprint density at radius 2 is 2.23 bits per heavy atom. The summed E-state index contributed by atoms with van der Waals surface area (Å²) in [7, 11) is 0. The topological polar surface area (TPSA) is 113 Å². The third-order valence-corrected chi connectivity index (χ3v) is 1.64. The van der Waals surface area contributed by atoms with Crippen LogP contribution in [0, 0.1) is 5.41 Å². The average molecular weight is 183 g/mol. The zero-order chi connectivity index (χ0) is 10.0. The van der Waals surface area contributed by atoms with Crippen LogP contribution in [0.15, 0.2) is 6.07 Å². The van der Waals surface area contributed by atoms with Gasteiger partial charge in [-0.2, -0.15) is 4.73 Å². The molecule has 0 aliphatic heterocycles. The molecule has 72 valence electrons. The van der Waals surface area contributed by atoms with Crippen molar-refractivity contribution in [1.29, 1.82) is 5.41 Å². The maximum absolute atomic E-state index is 9.25. The number of nitrogens with one attached hydrogen (secondary N) is 2. The number of rotatable bonds is 2. The van der Waals surface area contributed by atoms with Gasteiger partial charge < -0.3 is 22.0 Å². The fraction of sp³-hybridized carbons (Fsp3) is 0.286. The van der Waals surface area contributed by atoms with Crippen molar-refractivity contribution in [2.45, 2.75) is 6.92 Å². The Kier molecular flexibility index (Phi) is 2.32. The van der Waals surface area contributed by atoms with Gasteiger partial charge in [0.1, 0.15) is 11.5 Å². The van der Waals surface area contributed by atoms with Crippen LogP contribution >= 0.6 is 0 Å². The first-order chi connectivity index (χ1) is 6.07. The molecule has 0 spiro atoms. The first-order valence-electron chi connectivity index (χ1n) is 3.86. The van der Waals surface area contributed by atoms with E-state index in [2.05, 4.69) is 5.32 Å². The van der Waals surface area contributed by atoms with E-state index in [1.807, 2.05) is 6.92 Å². The van der Waals surface area contributed by atoms with Crippen molar-refractivity contribution in [2.75, 3.05) is 23.3 Å². The lowest BCUT2D eigenvalue weighted by atomic mass is 10.3. The number of hydrogen-bond acceptors (Lipinski definition) is 5. The minimum atomic E-state index is -0.139. The van der Waals surface area contributed by atoms with Crippen LogP contribution < -0.4 is 22.3 Å². The van der Waals surface area contributed by atoms with Crippen LogP contribution in [0.2, 0.25) is 0 Å². The Morgan fingerprint density at radius 3 is 2.77 bits per heavy atom. The van der Waals surface area contributed by atoms with Crippen molar-refractivity contribution < 1.29 is 5.21 Å². The van der Waals surface area contributed by atoms with Crippen molar-refractivity contribution in [3.05, 3.63) is 11.6 Å². The molecule has 1 heterocycles. The van der Waals surface area contributed by atoms with Gasteiger partial charge in [0.25, 0.3) is 0 Å². The Morgan fingerprint density at radius 1 is 1.62 bits per heavy atom. The summed E-state index contributed by atoms with van der Waals surface area (Å²) in [4.78, 5) is 0. The van der Waals surface area contributed by atoms with Crippen LogP contribution in [-0.4, -0.2) is 16.5 Å². The molecule has 0 aliphatic carbocycles. The highest BCUT2D eigenvalue weighted by Crippen LogP contribution is 2.14. The molecule has 6 heteroatoms. The third-order valence-electron chi connectivity index (χ3n) is 1.64. The van der Waals surface area contributed by atoms with Crippen molar-refractivity contribution in [1.82, 2.24) is 4.73 Å². The predicted octanol–water partition coefficient (Wildman–Crippen LogP) is -0.199. The maximum atomic E-state index is 9.25. The van der Waals surface area contributed by atoms with Crippen molar-refractivity contribution in [3.8, 4) is 0 Å². The first-order valence-corrected chi connectivity index (χ1v) is 3.86. The number of nitrogens with zero attached hydrogens (tertiary/aromatic N) is 1. The average Bonchev–Trinajstić information content (AvgIpc) is 2.09. The van der Waals surface area contributed by atoms with Gasteiger partial charge in [-0.15, -0.1) is 0 Å². The van der Waals surface area contributed by atoms with Gasteiger partial charge in [-0.1, -0.05) is 0 Å². The minimum absolute atomic E-state index is 0.0455. The zero-order valence-corrected chi connectivity index (χ0v) is 7.33. The SMILES string of the molecule is CCNc1c(N)cc(N)n(O)c1=N. The number of anilines is 3. The summed E-state index contributed by atoms with van der Waals surface area (Å²) >= 11 is 0. The van der Waals surface area contributed by atoms with Crippen LogP contribution in [0.25, 0.3) is 0 Å². The van der Waals surface area contributed by atoms with Gasteiger partial charge in [0, 0.05) is 12.6 Å². The molecule has 1 aromatic rings. The molecular formula is C7H13N5O. The molecular weight excluding hydrogens is 170 g/mol. The van der Waals surface area contributed by atoms with E-state index in [-0.39, 0.29) is 11.3 Å². The Labute approximate surface area is 75.3 Å². The van der Waals surface area contributed by atoms with Gasteiger partial charge in [-0.25, -0.2) is 0 Å². The molecule has 0 saturated carbocycles. The van der Waals surface area contributed by atoms with E-state index in [0.29, 0.717) is 22.6 Å². The Balaban J connectivity index is 3.35. The lowest BCUT2D eigenvalue weighted by Crippen LogP contribution is -2.25. The van der Waals surface area contributed by atoms with Gasteiger partial charge in [0.15, 0.2) is 5.49 Å². The fourth-order valence-electron chi connectivity index (χ4n) is 1.03. The van der Waals surface area contributed by atoms with E-state index < -0.39 is 0 Å². The second-order valence-corrected chi connectivity index (χ2v) is 2.59. The molecule has 0 radical (unpaired) electrons. The quantitative estimate of drug-likeness (QED) is 0.408.